The van der Waals surface area contributed by atoms with E-state index in [9.17, 15) is 0 Å². The van der Waals surface area contributed by atoms with Gasteiger partial charge in [0.2, 0.25) is 0 Å². The average Bonchev–Trinajstić information content (AvgIpc) is 3.02. The van der Waals surface area contributed by atoms with Crippen LogP contribution >= 0.6 is 23.2 Å². The number of alkyl halides is 1. The maximum Gasteiger partial charge on any atom is 0.127 e. The summed E-state index contributed by atoms with van der Waals surface area (Å²) in [4.78, 5) is 4.57. The van der Waals surface area contributed by atoms with Crippen molar-refractivity contribution in [2.45, 2.75) is 25.4 Å². The Morgan fingerprint density at radius 2 is 2.15 bits per heavy atom. The van der Waals surface area contributed by atoms with E-state index in [1.165, 1.54) is 0 Å². The Balaban J connectivity index is 2.00. The second-order valence-corrected chi connectivity index (χ2v) is 5.63. The van der Waals surface area contributed by atoms with Gasteiger partial charge in [0.15, 0.2) is 0 Å². The van der Waals surface area contributed by atoms with E-state index in [-0.39, 0.29) is 5.38 Å². The van der Waals surface area contributed by atoms with Gasteiger partial charge in [-0.3, -0.25) is 4.68 Å². The fraction of sp³-hybridized carbons (Fsp3) is 0.308. The van der Waals surface area contributed by atoms with Crippen molar-refractivity contribution in [3.63, 3.8) is 0 Å². The minimum absolute atomic E-state index is 0.170. The molecule has 0 saturated heterocycles. The zero-order valence-electron chi connectivity index (χ0n) is 10.9. The maximum absolute atomic E-state index is 6.23. The lowest BCUT2D eigenvalue weighted by molar-refractivity contribution is 0.515. The minimum Gasteiger partial charge on any atom is -0.325 e. The van der Waals surface area contributed by atoms with Crippen LogP contribution in [0.3, 0.4) is 0 Å². The van der Waals surface area contributed by atoms with Crippen LogP contribution in [-0.4, -0.2) is 24.5 Å². The van der Waals surface area contributed by atoms with E-state index in [2.05, 4.69) is 19.9 Å². The number of imidazole rings is 1. The number of fused-ring (bicyclic) bond motifs is 1. The Labute approximate surface area is 126 Å². The Hall–Kier alpha value is -1.59. The molecule has 1 atom stereocenters. The molecule has 0 spiro atoms. The lowest BCUT2D eigenvalue weighted by atomic mass is 10.3. The van der Waals surface area contributed by atoms with E-state index in [1.807, 2.05) is 31.3 Å². The van der Waals surface area contributed by atoms with Crippen LogP contribution in [0, 0.1) is 0 Å². The second kappa shape index (κ2) is 5.42. The normalized spacial score (nSPS) is 12.9. The zero-order valence-corrected chi connectivity index (χ0v) is 12.4. The third kappa shape index (κ3) is 2.51. The first-order valence-electron chi connectivity index (χ1n) is 6.29. The van der Waals surface area contributed by atoms with Gasteiger partial charge in [0.05, 0.1) is 29.2 Å². The van der Waals surface area contributed by atoms with Gasteiger partial charge in [-0.05, 0) is 25.1 Å². The fourth-order valence-corrected chi connectivity index (χ4v) is 2.55. The van der Waals surface area contributed by atoms with Gasteiger partial charge in [-0.1, -0.05) is 16.8 Å². The molecule has 2 heterocycles. The van der Waals surface area contributed by atoms with Gasteiger partial charge in [0.25, 0.3) is 0 Å². The first kappa shape index (κ1) is 13.4. The lowest BCUT2D eigenvalue weighted by Gasteiger charge is -2.10. The molecule has 0 amide bonds. The molecule has 3 rings (SSSR count). The van der Waals surface area contributed by atoms with Crippen LogP contribution in [0.25, 0.3) is 11.0 Å². The van der Waals surface area contributed by atoms with Gasteiger partial charge in [0.1, 0.15) is 5.82 Å². The molecule has 20 heavy (non-hydrogen) atoms. The number of halogens is 2. The summed E-state index contributed by atoms with van der Waals surface area (Å²) in [7, 11) is 0. The van der Waals surface area contributed by atoms with Gasteiger partial charge in [-0.2, -0.15) is 0 Å². The number of rotatable bonds is 4. The van der Waals surface area contributed by atoms with Crippen LogP contribution in [0.4, 0.5) is 0 Å². The smallest absolute Gasteiger partial charge is 0.127 e. The van der Waals surface area contributed by atoms with E-state index in [1.54, 1.807) is 10.9 Å². The first-order valence-corrected chi connectivity index (χ1v) is 7.10. The number of hydrogen-bond donors (Lipinski definition) is 0. The van der Waals surface area contributed by atoms with Crippen LogP contribution in [0.1, 0.15) is 18.1 Å². The monoisotopic (exact) mass is 309 g/mol. The summed E-state index contributed by atoms with van der Waals surface area (Å²) in [6.07, 6.45) is 3.50. The SMILES string of the molecule is CC(Cl)c1nc2cc(Cl)ccc2n1CCn1ccnn1. The minimum atomic E-state index is -0.170. The summed E-state index contributed by atoms with van der Waals surface area (Å²) in [6, 6.07) is 5.68. The number of benzene rings is 1. The topological polar surface area (TPSA) is 48.5 Å². The van der Waals surface area contributed by atoms with Crippen molar-refractivity contribution in [2.24, 2.45) is 0 Å². The van der Waals surface area contributed by atoms with Gasteiger partial charge < -0.3 is 4.57 Å². The third-order valence-corrected chi connectivity index (χ3v) is 3.55. The van der Waals surface area contributed by atoms with E-state index >= 15 is 0 Å². The molecule has 0 saturated carbocycles. The molecule has 3 aromatic rings. The molecule has 0 fully saturated rings. The summed E-state index contributed by atoms with van der Waals surface area (Å²) in [6.45, 7) is 3.36. The van der Waals surface area contributed by atoms with Crippen molar-refractivity contribution in [3.05, 3.63) is 41.4 Å². The molecular weight excluding hydrogens is 297 g/mol. The van der Waals surface area contributed by atoms with Crippen molar-refractivity contribution in [2.75, 3.05) is 0 Å². The van der Waals surface area contributed by atoms with E-state index in [0.717, 1.165) is 23.4 Å². The fourth-order valence-electron chi connectivity index (χ4n) is 2.21. The molecular formula is C13H13Cl2N5. The van der Waals surface area contributed by atoms with E-state index in [4.69, 9.17) is 23.2 Å². The molecule has 0 aliphatic carbocycles. The van der Waals surface area contributed by atoms with Crippen molar-refractivity contribution < 1.29 is 0 Å². The Kier molecular flexibility index (Phi) is 3.63. The molecule has 0 aliphatic heterocycles. The van der Waals surface area contributed by atoms with E-state index in [0.29, 0.717) is 11.6 Å². The number of aromatic nitrogens is 5. The van der Waals surface area contributed by atoms with Gasteiger partial charge in [-0.25, -0.2) is 4.98 Å². The summed E-state index contributed by atoms with van der Waals surface area (Å²) in [5.74, 6) is 0.837. The molecule has 0 N–H and O–H groups in total. The second-order valence-electron chi connectivity index (χ2n) is 4.54. The standard InChI is InChI=1S/C13H13Cl2N5/c1-9(14)13-17-11-8-10(15)2-3-12(11)20(13)7-6-19-5-4-16-18-19/h2-5,8-9H,6-7H2,1H3. The molecule has 0 radical (unpaired) electrons. The van der Waals surface area contributed by atoms with Crippen LogP contribution < -0.4 is 0 Å². The average molecular weight is 310 g/mol. The van der Waals surface area contributed by atoms with Crippen LogP contribution in [-0.2, 0) is 13.1 Å². The van der Waals surface area contributed by atoms with E-state index < -0.39 is 0 Å². The summed E-state index contributed by atoms with van der Waals surface area (Å²) in [5, 5.41) is 8.27. The molecule has 2 aromatic heterocycles. The van der Waals surface area contributed by atoms with Crippen LogP contribution in [0.15, 0.2) is 30.6 Å². The molecule has 1 aromatic carbocycles. The van der Waals surface area contributed by atoms with Gasteiger partial charge >= 0.3 is 0 Å². The van der Waals surface area contributed by atoms with Crippen LogP contribution in [0.5, 0.6) is 0 Å². The van der Waals surface area contributed by atoms with Crippen molar-refractivity contribution in [1.82, 2.24) is 24.5 Å². The highest BCUT2D eigenvalue weighted by atomic mass is 35.5. The molecule has 5 nitrogen and oxygen atoms in total. The molecule has 0 aliphatic rings. The predicted octanol–water partition coefficient (Wildman–Crippen LogP) is 3.28. The third-order valence-electron chi connectivity index (χ3n) is 3.12. The summed E-state index contributed by atoms with van der Waals surface area (Å²) < 4.78 is 3.88. The highest BCUT2D eigenvalue weighted by Crippen LogP contribution is 2.26. The van der Waals surface area contributed by atoms with Gasteiger partial charge in [0, 0.05) is 17.8 Å². The predicted molar refractivity (Wildman–Crippen MR) is 79.0 cm³/mol. The highest BCUT2D eigenvalue weighted by Gasteiger charge is 2.15. The molecule has 0 bridgehead atoms. The highest BCUT2D eigenvalue weighted by molar-refractivity contribution is 6.31. The van der Waals surface area contributed by atoms with Gasteiger partial charge in [-0.15, -0.1) is 16.7 Å². The van der Waals surface area contributed by atoms with Crippen molar-refractivity contribution in [3.8, 4) is 0 Å². The Morgan fingerprint density at radius 1 is 1.30 bits per heavy atom. The summed E-state index contributed by atoms with van der Waals surface area (Å²) in [5.41, 5.74) is 1.88. The lowest BCUT2D eigenvalue weighted by Crippen LogP contribution is -2.11. The number of nitrogens with zero attached hydrogens (tertiary/aromatic N) is 5. The molecule has 1 unspecified atom stereocenters. The number of hydrogen-bond acceptors (Lipinski definition) is 3. The quantitative estimate of drug-likeness (QED) is 0.695. The zero-order chi connectivity index (χ0) is 14.1. The largest absolute Gasteiger partial charge is 0.325 e. The van der Waals surface area contributed by atoms with Crippen molar-refractivity contribution >= 4 is 34.2 Å². The summed E-state index contributed by atoms with van der Waals surface area (Å²) >= 11 is 12.2. The Morgan fingerprint density at radius 3 is 2.85 bits per heavy atom. The first-order chi connectivity index (χ1) is 9.65. The maximum atomic E-state index is 6.23. The number of aryl methyl sites for hydroxylation is 2. The molecule has 7 heteroatoms. The Bertz CT molecular complexity index is 718. The van der Waals surface area contributed by atoms with Crippen LogP contribution in [0.2, 0.25) is 5.02 Å². The van der Waals surface area contributed by atoms with Crippen molar-refractivity contribution in [1.29, 1.82) is 0 Å². The molecule has 104 valence electrons.